The number of hydrogen-bond donors (Lipinski definition) is 0. The van der Waals surface area contributed by atoms with Gasteiger partial charge in [0, 0.05) is 23.1 Å². The van der Waals surface area contributed by atoms with E-state index in [-0.39, 0.29) is 5.91 Å². The lowest BCUT2D eigenvalue weighted by Gasteiger charge is -2.21. The van der Waals surface area contributed by atoms with Crippen LogP contribution in [0, 0.1) is 6.92 Å². The summed E-state index contributed by atoms with van der Waals surface area (Å²) in [6.07, 6.45) is 0. The van der Waals surface area contributed by atoms with E-state index < -0.39 is 0 Å². The molecule has 1 rings (SSSR count). The minimum Gasteiger partial charge on any atom is -0.335 e. The van der Waals surface area contributed by atoms with Gasteiger partial charge in [0.1, 0.15) is 0 Å². The topological polar surface area (TPSA) is 20.3 Å². The van der Waals surface area contributed by atoms with E-state index in [2.05, 4.69) is 22.5 Å². The van der Waals surface area contributed by atoms with Crippen LogP contribution < -0.4 is 0 Å². The summed E-state index contributed by atoms with van der Waals surface area (Å²) < 4.78 is 1.02. The maximum Gasteiger partial charge on any atom is 0.254 e. The molecule has 0 aliphatic carbocycles. The first-order valence-corrected chi connectivity index (χ1v) is 6.44. The maximum absolute atomic E-state index is 12.2. The van der Waals surface area contributed by atoms with Gasteiger partial charge in [0.05, 0.1) is 0 Å². The van der Waals surface area contributed by atoms with Crippen molar-refractivity contribution >= 4 is 21.8 Å². The number of rotatable bonds is 4. The van der Waals surface area contributed by atoms with Crippen LogP contribution in [0.15, 0.2) is 34.8 Å². The van der Waals surface area contributed by atoms with E-state index in [0.29, 0.717) is 13.1 Å². The van der Waals surface area contributed by atoms with Crippen molar-refractivity contribution in [3.05, 3.63) is 46.0 Å². The van der Waals surface area contributed by atoms with Gasteiger partial charge >= 0.3 is 0 Å². The van der Waals surface area contributed by atoms with Crippen LogP contribution in [0.3, 0.4) is 0 Å². The molecule has 0 saturated carbocycles. The van der Waals surface area contributed by atoms with Crippen molar-refractivity contribution in [1.29, 1.82) is 0 Å². The number of hydrogen-bond acceptors (Lipinski definition) is 1. The molecule has 1 amide bonds. The first-order valence-electron chi connectivity index (χ1n) is 5.65. The van der Waals surface area contributed by atoms with Crippen molar-refractivity contribution in [2.24, 2.45) is 0 Å². The Labute approximate surface area is 111 Å². The Kier molecular flexibility index (Phi) is 4.94. The maximum atomic E-state index is 12.2. The SMILES string of the molecule is C=C(C)CN(CC)C(=O)c1ccc(Br)c(C)c1. The molecule has 17 heavy (non-hydrogen) atoms. The molecule has 0 heterocycles. The number of halogens is 1. The predicted octanol–water partition coefficient (Wildman–Crippen LogP) is 3.80. The number of carbonyl (C=O) groups is 1. The quantitative estimate of drug-likeness (QED) is 0.774. The first kappa shape index (κ1) is 14.0. The van der Waals surface area contributed by atoms with Crippen molar-refractivity contribution in [3.63, 3.8) is 0 Å². The number of aryl methyl sites for hydroxylation is 1. The highest BCUT2D eigenvalue weighted by atomic mass is 79.9. The molecule has 0 aliphatic rings. The third-order valence-electron chi connectivity index (χ3n) is 2.53. The second-order valence-corrected chi connectivity index (χ2v) is 5.09. The van der Waals surface area contributed by atoms with E-state index in [9.17, 15) is 4.79 Å². The number of amides is 1. The second-order valence-electron chi connectivity index (χ2n) is 4.24. The normalized spacial score (nSPS) is 10.1. The molecular formula is C14H18BrNO. The van der Waals surface area contributed by atoms with Gasteiger partial charge < -0.3 is 4.90 Å². The Morgan fingerprint density at radius 2 is 2.12 bits per heavy atom. The van der Waals surface area contributed by atoms with E-state index >= 15 is 0 Å². The van der Waals surface area contributed by atoms with Gasteiger partial charge in [-0.3, -0.25) is 4.79 Å². The van der Waals surface area contributed by atoms with E-state index in [1.165, 1.54) is 0 Å². The van der Waals surface area contributed by atoms with Crippen LogP contribution in [0.2, 0.25) is 0 Å². The Morgan fingerprint density at radius 3 is 2.59 bits per heavy atom. The fraction of sp³-hybridized carbons (Fsp3) is 0.357. The summed E-state index contributed by atoms with van der Waals surface area (Å²) in [7, 11) is 0. The molecule has 0 aliphatic heterocycles. The summed E-state index contributed by atoms with van der Waals surface area (Å²) >= 11 is 3.43. The van der Waals surface area contributed by atoms with E-state index in [1.54, 1.807) is 4.90 Å². The Hall–Kier alpha value is -1.09. The molecule has 1 aromatic rings. The minimum absolute atomic E-state index is 0.0612. The zero-order valence-corrected chi connectivity index (χ0v) is 12.2. The summed E-state index contributed by atoms with van der Waals surface area (Å²) in [5.41, 5.74) is 2.80. The van der Waals surface area contributed by atoms with Crippen molar-refractivity contribution < 1.29 is 4.79 Å². The molecule has 0 radical (unpaired) electrons. The second kappa shape index (κ2) is 6.01. The van der Waals surface area contributed by atoms with Crippen molar-refractivity contribution in [1.82, 2.24) is 4.90 Å². The fourth-order valence-corrected chi connectivity index (χ4v) is 1.86. The highest BCUT2D eigenvalue weighted by Crippen LogP contribution is 2.18. The molecule has 0 N–H and O–H groups in total. The van der Waals surface area contributed by atoms with Gasteiger partial charge in [-0.25, -0.2) is 0 Å². The highest BCUT2D eigenvalue weighted by molar-refractivity contribution is 9.10. The summed E-state index contributed by atoms with van der Waals surface area (Å²) in [6.45, 7) is 11.1. The molecule has 0 fully saturated rings. The van der Waals surface area contributed by atoms with E-state index in [0.717, 1.165) is 21.2 Å². The summed E-state index contributed by atoms with van der Waals surface area (Å²) in [6, 6.07) is 5.67. The Morgan fingerprint density at radius 1 is 1.47 bits per heavy atom. The lowest BCUT2D eigenvalue weighted by atomic mass is 10.1. The monoisotopic (exact) mass is 295 g/mol. The molecule has 1 aromatic carbocycles. The van der Waals surface area contributed by atoms with Gasteiger partial charge in [-0.2, -0.15) is 0 Å². The third-order valence-corrected chi connectivity index (χ3v) is 3.42. The predicted molar refractivity (Wildman–Crippen MR) is 75.3 cm³/mol. The van der Waals surface area contributed by atoms with Crippen LogP contribution in [0.4, 0.5) is 0 Å². The summed E-state index contributed by atoms with van der Waals surface area (Å²) in [5, 5.41) is 0. The lowest BCUT2D eigenvalue weighted by molar-refractivity contribution is 0.0778. The van der Waals surface area contributed by atoms with Gasteiger partial charge in [-0.05, 0) is 44.5 Å². The molecule has 0 bridgehead atoms. The molecule has 3 heteroatoms. The number of likely N-dealkylation sites (N-methyl/N-ethyl adjacent to an activating group) is 1. The Balaban J connectivity index is 2.93. The zero-order chi connectivity index (χ0) is 13.0. The van der Waals surface area contributed by atoms with Crippen LogP contribution >= 0.6 is 15.9 Å². The van der Waals surface area contributed by atoms with Crippen molar-refractivity contribution in [2.45, 2.75) is 20.8 Å². The van der Waals surface area contributed by atoms with Gasteiger partial charge in [0.25, 0.3) is 5.91 Å². The zero-order valence-electron chi connectivity index (χ0n) is 10.6. The average molecular weight is 296 g/mol. The fourth-order valence-electron chi connectivity index (χ4n) is 1.61. The van der Waals surface area contributed by atoms with Gasteiger partial charge in [-0.15, -0.1) is 0 Å². The molecule has 0 aromatic heterocycles. The minimum atomic E-state index is 0.0612. The van der Waals surface area contributed by atoms with Gasteiger partial charge in [-0.1, -0.05) is 28.1 Å². The van der Waals surface area contributed by atoms with Gasteiger partial charge in [0.15, 0.2) is 0 Å². The lowest BCUT2D eigenvalue weighted by Crippen LogP contribution is -2.32. The van der Waals surface area contributed by atoms with Crippen LogP contribution in [0.5, 0.6) is 0 Å². The number of carbonyl (C=O) groups excluding carboxylic acids is 1. The van der Waals surface area contributed by atoms with Crippen LogP contribution in [-0.4, -0.2) is 23.9 Å². The molecule has 0 atom stereocenters. The molecule has 0 spiro atoms. The molecule has 92 valence electrons. The average Bonchev–Trinajstić information content (AvgIpc) is 2.28. The van der Waals surface area contributed by atoms with E-state index in [4.69, 9.17) is 0 Å². The smallest absolute Gasteiger partial charge is 0.254 e. The molecule has 0 unspecified atom stereocenters. The highest BCUT2D eigenvalue weighted by Gasteiger charge is 2.14. The van der Waals surface area contributed by atoms with Crippen LogP contribution in [0.1, 0.15) is 29.8 Å². The molecule has 0 saturated heterocycles. The van der Waals surface area contributed by atoms with E-state index in [1.807, 2.05) is 39.0 Å². The molecule has 2 nitrogen and oxygen atoms in total. The van der Waals surface area contributed by atoms with Crippen molar-refractivity contribution in [2.75, 3.05) is 13.1 Å². The Bertz CT molecular complexity index is 440. The van der Waals surface area contributed by atoms with Crippen LogP contribution in [0.25, 0.3) is 0 Å². The first-order chi connectivity index (χ1) is 7.95. The summed E-state index contributed by atoms with van der Waals surface area (Å²) in [4.78, 5) is 14.0. The molecular weight excluding hydrogens is 278 g/mol. The standard InChI is InChI=1S/C14H18BrNO/c1-5-16(9-10(2)3)14(17)12-6-7-13(15)11(4)8-12/h6-8H,2,5,9H2,1,3-4H3. The largest absolute Gasteiger partial charge is 0.335 e. The third kappa shape index (κ3) is 3.70. The number of nitrogens with zero attached hydrogens (tertiary/aromatic N) is 1. The number of benzene rings is 1. The van der Waals surface area contributed by atoms with Crippen LogP contribution in [-0.2, 0) is 0 Å². The van der Waals surface area contributed by atoms with Crippen molar-refractivity contribution in [3.8, 4) is 0 Å². The van der Waals surface area contributed by atoms with Gasteiger partial charge in [0.2, 0.25) is 0 Å². The summed E-state index contributed by atoms with van der Waals surface area (Å²) in [5.74, 6) is 0.0612.